The summed E-state index contributed by atoms with van der Waals surface area (Å²) in [7, 11) is 0. The van der Waals surface area contributed by atoms with Crippen molar-refractivity contribution in [3.63, 3.8) is 0 Å². The van der Waals surface area contributed by atoms with Gasteiger partial charge in [-0.15, -0.1) is 6.58 Å². The van der Waals surface area contributed by atoms with Gasteiger partial charge in [0.25, 0.3) is 0 Å². The van der Waals surface area contributed by atoms with Crippen molar-refractivity contribution in [2.75, 3.05) is 13.2 Å². The summed E-state index contributed by atoms with van der Waals surface area (Å²) in [6, 6.07) is 0. The van der Waals surface area contributed by atoms with Gasteiger partial charge >= 0.3 is 0 Å². The van der Waals surface area contributed by atoms with Gasteiger partial charge in [-0.3, -0.25) is 0 Å². The summed E-state index contributed by atoms with van der Waals surface area (Å²) in [6.07, 6.45) is 2.42. The molecule has 0 aliphatic rings. The van der Waals surface area contributed by atoms with E-state index >= 15 is 0 Å². The predicted octanol–water partition coefficient (Wildman–Crippen LogP) is 1.35. The van der Waals surface area contributed by atoms with Gasteiger partial charge in [-0.1, -0.05) is 17.9 Å². The Balaban J connectivity index is 3.86. The van der Waals surface area contributed by atoms with Crippen LogP contribution < -0.4 is 0 Å². The molecule has 0 rings (SSSR count). The van der Waals surface area contributed by atoms with Crippen molar-refractivity contribution in [3.05, 3.63) is 12.7 Å². The molecule has 0 radical (unpaired) electrons. The van der Waals surface area contributed by atoms with Crippen LogP contribution in [0.2, 0.25) is 0 Å². The number of rotatable bonds is 4. The lowest BCUT2D eigenvalue weighted by Crippen LogP contribution is -2.23. The van der Waals surface area contributed by atoms with Crippen LogP contribution in [0.15, 0.2) is 12.7 Å². The molecular formula is C10H16O2. The summed E-state index contributed by atoms with van der Waals surface area (Å²) < 4.78 is 5.27. The van der Waals surface area contributed by atoms with Crippen molar-refractivity contribution in [3.8, 4) is 11.8 Å². The third kappa shape index (κ3) is 5.96. The van der Waals surface area contributed by atoms with Gasteiger partial charge in [0.05, 0.1) is 13.2 Å². The van der Waals surface area contributed by atoms with Crippen LogP contribution in [0.5, 0.6) is 0 Å². The third-order valence-corrected chi connectivity index (χ3v) is 1.19. The largest absolute Gasteiger partial charge is 0.394 e. The van der Waals surface area contributed by atoms with Gasteiger partial charge in [-0.2, -0.15) is 0 Å². The molecule has 1 N–H and O–H groups in total. The molecule has 2 nitrogen and oxygen atoms in total. The van der Waals surface area contributed by atoms with E-state index in [0.717, 1.165) is 0 Å². The Morgan fingerprint density at radius 1 is 1.58 bits per heavy atom. The molecule has 0 heterocycles. The second-order valence-corrected chi connectivity index (χ2v) is 2.88. The summed E-state index contributed by atoms with van der Waals surface area (Å²) in [5, 5.41) is 8.51. The van der Waals surface area contributed by atoms with Gasteiger partial charge in [-0.25, -0.2) is 0 Å². The molecule has 0 atom stereocenters. The van der Waals surface area contributed by atoms with Gasteiger partial charge in [0, 0.05) is 6.42 Å². The Morgan fingerprint density at radius 3 is 2.75 bits per heavy atom. The minimum absolute atomic E-state index is 0.0343. The molecule has 68 valence electrons. The van der Waals surface area contributed by atoms with Gasteiger partial charge in [0.1, 0.15) is 5.60 Å². The van der Waals surface area contributed by atoms with Gasteiger partial charge in [0.15, 0.2) is 0 Å². The van der Waals surface area contributed by atoms with Gasteiger partial charge < -0.3 is 9.84 Å². The Morgan fingerprint density at radius 2 is 2.25 bits per heavy atom. The molecular weight excluding hydrogens is 152 g/mol. The second-order valence-electron chi connectivity index (χ2n) is 2.88. The van der Waals surface area contributed by atoms with E-state index in [1.165, 1.54) is 0 Å². The molecule has 0 aliphatic heterocycles. The number of hydrogen-bond acceptors (Lipinski definition) is 2. The van der Waals surface area contributed by atoms with Crippen LogP contribution in [0, 0.1) is 11.8 Å². The molecule has 2 heteroatoms. The number of allylic oxidation sites excluding steroid dienone is 1. The topological polar surface area (TPSA) is 29.5 Å². The van der Waals surface area contributed by atoms with Crippen LogP contribution in [-0.4, -0.2) is 23.9 Å². The SMILES string of the molecule is C=CCC#CC(C)(C)OCCO. The number of ether oxygens (including phenoxy) is 1. The highest BCUT2D eigenvalue weighted by Crippen LogP contribution is 2.06. The van der Waals surface area contributed by atoms with E-state index in [4.69, 9.17) is 9.84 Å². The maximum Gasteiger partial charge on any atom is 0.123 e. The van der Waals surface area contributed by atoms with Gasteiger partial charge in [0.2, 0.25) is 0 Å². The van der Waals surface area contributed by atoms with E-state index in [9.17, 15) is 0 Å². The standard InChI is InChI=1S/C10H16O2/c1-4-5-6-7-10(2,3)12-9-8-11/h4,11H,1,5,8-9H2,2-3H3. The summed E-state index contributed by atoms with van der Waals surface area (Å²) in [5.41, 5.74) is -0.467. The van der Waals surface area contributed by atoms with Crippen LogP contribution in [0.25, 0.3) is 0 Å². The molecule has 0 spiro atoms. The molecule has 0 aromatic carbocycles. The normalized spacial score (nSPS) is 10.2. The minimum Gasteiger partial charge on any atom is -0.394 e. The maximum atomic E-state index is 8.51. The van der Waals surface area contributed by atoms with Crippen molar-refractivity contribution < 1.29 is 9.84 Å². The smallest absolute Gasteiger partial charge is 0.123 e. The fourth-order valence-electron chi connectivity index (χ4n) is 0.673. The molecule has 0 aromatic heterocycles. The lowest BCUT2D eigenvalue weighted by Gasteiger charge is -2.17. The van der Waals surface area contributed by atoms with Crippen molar-refractivity contribution in [2.45, 2.75) is 25.9 Å². The Kier molecular flexibility index (Phi) is 5.44. The van der Waals surface area contributed by atoms with Crippen molar-refractivity contribution in [1.29, 1.82) is 0 Å². The second kappa shape index (κ2) is 5.82. The highest BCUT2D eigenvalue weighted by atomic mass is 16.5. The molecule has 0 unspecified atom stereocenters. The first kappa shape index (κ1) is 11.2. The van der Waals surface area contributed by atoms with Crippen LogP contribution >= 0.6 is 0 Å². The first-order valence-corrected chi connectivity index (χ1v) is 3.98. The van der Waals surface area contributed by atoms with E-state index in [1.54, 1.807) is 6.08 Å². The van der Waals surface area contributed by atoms with E-state index in [1.807, 2.05) is 13.8 Å². The fraction of sp³-hybridized carbons (Fsp3) is 0.600. The van der Waals surface area contributed by atoms with Crippen molar-refractivity contribution in [1.82, 2.24) is 0 Å². The predicted molar refractivity (Wildman–Crippen MR) is 49.7 cm³/mol. The molecule has 0 bridgehead atoms. The molecule has 0 saturated heterocycles. The van der Waals surface area contributed by atoms with Crippen LogP contribution in [0.1, 0.15) is 20.3 Å². The van der Waals surface area contributed by atoms with Crippen LogP contribution in [0.4, 0.5) is 0 Å². The molecule has 12 heavy (non-hydrogen) atoms. The lowest BCUT2D eigenvalue weighted by molar-refractivity contribution is 0.00600. The fourth-order valence-corrected chi connectivity index (χ4v) is 0.673. The van der Waals surface area contributed by atoms with E-state index < -0.39 is 5.60 Å². The summed E-state index contributed by atoms with van der Waals surface area (Å²) in [6.45, 7) is 7.67. The van der Waals surface area contributed by atoms with Gasteiger partial charge in [-0.05, 0) is 13.8 Å². The lowest BCUT2D eigenvalue weighted by atomic mass is 10.1. The van der Waals surface area contributed by atoms with Crippen LogP contribution in [-0.2, 0) is 4.74 Å². The molecule has 0 aliphatic carbocycles. The highest BCUT2D eigenvalue weighted by Gasteiger charge is 2.12. The third-order valence-electron chi connectivity index (χ3n) is 1.19. The summed E-state index contributed by atoms with van der Waals surface area (Å²) in [5.74, 6) is 5.85. The Hall–Kier alpha value is -0.780. The van der Waals surface area contributed by atoms with Crippen molar-refractivity contribution >= 4 is 0 Å². The monoisotopic (exact) mass is 168 g/mol. The van der Waals surface area contributed by atoms with Crippen molar-refractivity contribution in [2.24, 2.45) is 0 Å². The Bertz CT molecular complexity index is 184. The molecule has 0 amide bonds. The van der Waals surface area contributed by atoms with E-state index in [2.05, 4.69) is 18.4 Å². The van der Waals surface area contributed by atoms with Crippen LogP contribution in [0.3, 0.4) is 0 Å². The average molecular weight is 168 g/mol. The highest BCUT2D eigenvalue weighted by molar-refractivity contribution is 5.12. The molecule has 0 fully saturated rings. The van der Waals surface area contributed by atoms with E-state index in [0.29, 0.717) is 13.0 Å². The quantitative estimate of drug-likeness (QED) is 0.507. The number of aliphatic hydroxyl groups is 1. The van der Waals surface area contributed by atoms with E-state index in [-0.39, 0.29) is 6.61 Å². The maximum absolute atomic E-state index is 8.51. The number of aliphatic hydroxyl groups excluding tert-OH is 1. The summed E-state index contributed by atoms with van der Waals surface area (Å²) >= 11 is 0. The molecule has 0 aromatic rings. The zero-order valence-electron chi connectivity index (χ0n) is 7.76. The first-order valence-electron chi connectivity index (χ1n) is 3.98. The molecule has 0 saturated carbocycles. The zero-order chi connectivity index (χ0) is 9.45. The first-order chi connectivity index (χ1) is 5.62. The zero-order valence-corrected chi connectivity index (χ0v) is 7.76. The summed E-state index contributed by atoms with van der Waals surface area (Å²) in [4.78, 5) is 0. The average Bonchev–Trinajstić information content (AvgIpc) is 2.01. The number of hydrogen-bond donors (Lipinski definition) is 1. The minimum atomic E-state index is -0.467. The Labute approximate surface area is 74.2 Å².